The van der Waals surface area contributed by atoms with Gasteiger partial charge < -0.3 is 10.5 Å². The summed E-state index contributed by atoms with van der Waals surface area (Å²) in [6, 6.07) is 0. The van der Waals surface area contributed by atoms with Gasteiger partial charge in [0.1, 0.15) is 0 Å². The highest BCUT2D eigenvalue weighted by molar-refractivity contribution is 9.11. The van der Waals surface area contributed by atoms with Crippen molar-refractivity contribution in [2.24, 2.45) is 11.6 Å². The van der Waals surface area contributed by atoms with E-state index < -0.39 is 0 Å². The maximum Gasteiger partial charge on any atom is 0.0878 e. The van der Waals surface area contributed by atoms with Crippen LogP contribution in [0.4, 0.5) is 0 Å². The molecule has 0 spiro atoms. The Balaban J connectivity index is 2.90. The molecule has 4 N–H and O–H groups in total. The largest absolute Gasteiger partial charge is 0.398 e. The van der Waals surface area contributed by atoms with Crippen LogP contribution in [0.25, 0.3) is 0 Å². The van der Waals surface area contributed by atoms with E-state index in [-0.39, 0.29) is 0 Å². The molecule has 0 radical (unpaired) electrons. The second-order valence-electron chi connectivity index (χ2n) is 2.60. The minimum absolute atomic E-state index is 0.369. The summed E-state index contributed by atoms with van der Waals surface area (Å²) < 4.78 is 5.84. The van der Waals surface area contributed by atoms with Crippen molar-refractivity contribution < 1.29 is 4.74 Å². The van der Waals surface area contributed by atoms with Crippen molar-refractivity contribution >= 4 is 15.9 Å². The Morgan fingerprint density at radius 3 is 3.00 bits per heavy atom. The molecular formula is C8H12BrN3O. The number of rotatable bonds is 2. The van der Waals surface area contributed by atoms with Crippen molar-refractivity contribution in [3.8, 4) is 0 Å². The number of methoxy groups -OCH3 is 1. The molecule has 5 heteroatoms. The van der Waals surface area contributed by atoms with Crippen LogP contribution in [0, 0.1) is 0 Å². The highest BCUT2D eigenvalue weighted by Crippen LogP contribution is 2.19. The molecule has 13 heavy (non-hydrogen) atoms. The van der Waals surface area contributed by atoms with Gasteiger partial charge in [-0.25, -0.2) is 5.84 Å². The van der Waals surface area contributed by atoms with Crippen molar-refractivity contribution in [2.75, 3.05) is 13.7 Å². The summed E-state index contributed by atoms with van der Waals surface area (Å²) >= 11 is 3.34. The third kappa shape index (κ3) is 2.58. The fourth-order valence-corrected chi connectivity index (χ4v) is 1.31. The van der Waals surface area contributed by atoms with Gasteiger partial charge in [-0.15, -0.1) is 0 Å². The first-order valence-corrected chi connectivity index (χ1v) is 4.51. The van der Waals surface area contributed by atoms with Crippen molar-refractivity contribution in [1.29, 1.82) is 0 Å². The second-order valence-corrected chi connectivity index (χ2v) is 3.51. The lowest BCUT2D eigenvalue weighted by molar-refractivity contribution is 0.222. The minimum Gasteiger partial charge on any atom is -0.398 e. The Kier molecular flexibility index (Phi) is 3.53. The Morgan fingerprint density at radius 2 is 2.38 bits per heavy atom. The van der Waals surface area contributed by atoms with Crippen LogP contribution in [0.5, 0.6) is 0 Å². The lowest BCUT2D eigenvalue weighted by atomic mass is 10.2. The van der Waals surface area contributed by atoms with Gasteiger partial charge in [-0.3, -0.25) is 5.01 Å². The predicted molar refractivity (Wildman–Crippen MR) is 55.3 cm³/mol. The molecule has 0 saturated carbocycles. The lowest BCUT2D eigenvalue weighted by Gasteiger charge is -2.20. The third-order valence-electron chi connectivity index (χ3n) is 1.58. The maximum atomic E-state index is 5.75. The smallest absolute Gasteiger partial charge is 0.0878 e. The molecule has 0 aromatic heterocycles. The first kappa shape index (κ1) is 10.3. The van der Waals surface area contributed by atoms with Gasteiger partial charge in [0.2, 0.25) is 0 Å². The van der Waals surface area contributed by atoms with Gasteiger partial charge in [0.15, 0.2) is 0 Å². The fourth-order valence-electron chi connectivity index (χ4n) is 0.973. The van der Waals surface area contributed by atoms with Crippen LogP contribution < -0.4 is 11.6 Å². The molecule has 0 unspecified atom stereocenters. The Labute approximate surface area is 85.6 Å². The van der Waals surface area contributed by atoms with Gasteiger partial charge in [-0.2, -0.15) is 0 Å². The van der Waals surface area contributed by atoms with Gasteiger partial charge in [0.05, 0.1) is 18.0 Å². The summed E-state index contributed by atoms with van der Waals surface area (Å²) in [6.07, 6.45) is 5.40. The van der Waals surface area contributed by atoms with E-state index in [0.717, 1.165) is 10.2 Å². The van der Waals surface area contributed by atoms with E-state index in [1.165, 1.54) is 5.01 Å². The highest BCUT2D eigenvalue weighted by Gasteiger charge is 2.09. The third-order valence-corrected chi connectivity index (χ3v) is 2.07. The number of nitrogens with zero attached hydrogens (tertiary/aromatic N) is 1. The zero-order chi connectivity index (χ0) is 9.84. The normalized spacial score (nSPS) is 20.2. The summed E-state index contributed by atoms with van der Waals surface area (Å²) in [5.41, 5.74) is 7.09. The van der Waals surface area contributed by atoms with Crippen LogP contribution in [0.3, 0.4) is 0 Å². The molecule has 72 valence electrons. The molecule has 0 amide bonds. The molecular weight excluding hydrogens is 234 g/mol. The van der Waals surface area contributed by atoms with Crippen molar-refractivity contribution in [1.82, 2.24) is 5.01 Å². The molecule has 0 saturated heterocycles. The summed E-state index contributed by atoms with van der Waals surface area (Å²) in [7, 11) is 1.59. The number of hydrogen-bond acceptors (Lipinski definition) is 4. The van der Waals surface area contributed by atoms with Crippen LogP contribution in [-0.2, 0) is 4.74 Å². The molecule has 1 rings (SSSR count). The zero-order valence-electron chi connectivity index (χ0n) is 7.33. The van der Waals surface area contributed by atoms with Crippen molar-refractivity contribution in [3.05, 3.63) is 34.2 Å². The molecule has 1 aliphatic heterocycles. The van der Waals surface area contributed by atoms with Crippen LogP contribution in [0.2, 0.25) is 0 Å². The van der Waals surface area contributed by atoms with Crippen LogP contribution in [0.15, 0.2) is 34.2 Å². The monoisotopic (exact) mass is 245 g/mol. The average molecular weight is 246 g/mol. The number of allylic oxidation sites excluding steroid dienone is 3. The van der Waals surface area contributed by atoms with Crippen LogP contribution >= 0.6 is 15.9 Å². The standard InChI is InChI=1S/C8H12BrN3O/c1-13-5-7(10)8-4-6(9)2-3-12(8)11/h2-4H,5,10-11H2,1H3/b8-7-. The van der Waals surface area contributed by atoms with E-state index in [4.69, 9.17) is 16.3 Å². The SMILES string of the molecule is COC/C(N)=C1\C=C(Br)C=CN1N. The molecule has 1 heterocycles. The number of hydrazine groups is 1. The highest BCUT2D eigenvalue weighted by atomic mass is 79.9. The van der Waals surface area contributed by atoms with Crippen molar-refractivity contribution in [2.45, 2.75) is 0 Å². The van der Waals surface area contributed by atoms with Gasteiger partial charge in [-0.05, 0) is 12.2 Å². The average Bonchev–Trinajstić information content (AvgIpc) is 2.09. The fraction of sp³-hybridized carbons (Fsp3) is 0.250. The van der Waals surface area contributed by atoms with Gasteiger partial charge in [0.25, 0.3) is 0 Å². The summed E-state index contributed by atoms with van der Waals surface area (Å²) in [6.45, 7) is 0.369. The number of halogens is 1. The van der Waals surface area contributed by atoms with Crippen LogP contribution in [0.1, 0.15) is 0 Å². The Morgan fingerprint density at radius 1 is 1.69 bits per heavy atom. The van der Waals surface area contributed by atoms with E-state index >= 15 is 0 Å². The first-order valence-electron chi connectivity index (χ1n) is 3.72. The molecule has 0 atom stereocenters. The summed E-state index contributed by atoms with van der Waals surface area (Å²) in [4.78, 5) is 0. The van der Waals surface area contributed by atoms with Crippen LogP contribution in [-0.4, -0.2) is 18.7 Å². The first-order chi connectivity index (χ1) is 6.15. The Hall–Kier alpha value is -0.780. The summed E-state index contributed by atoms with van der Waals surface area (Å²) in [5, 5.41) is 1.46. The van der Waals surface area contributed by atoms with E-state index in [1.54, 1.807) is 13.3 Å². The molecule has 0 aliphatic carbocycles. The van der Waals surface area contributed by atoms with Crippen molar-refractivity contribution in [3.63, 3.8) is 0 Å². The quantitative estimate of drug-likeness (QED) is 0.707. The van der Waals surface area contributed by atoms with E-state index in [0.29, 0.717) is 12.3 Å². The maximum absolute atomic E-state index is 5.75. The van der Waals surface area contributed by atoms with Gasteiger partial charge >= 0.3 is 0 Å². The topological polar surface area (TPSA) is 64.5 Å². The lowest BCUT2D eigenvalue weighted by Crippen LogP contribution is -2.28. The summed E-state index contributed by atoms with van der Waals surface area (Å²) in [5.74, 6) is 5.66. The second kappa shape index (κ2) is 4.45. The molecule has 0 aromatic carbocycles. The molecule has 4 nitrogen and oxygen atoms in total. The number of hydrogen-bond donors (Lipinski definition) is 2. The number of ether oxygens (including phenoxy) is 1. The predicted octanol–water partition coefficient (Wildman–Crippen LogP) is 0.785. The minimum atomic E-state index is 0.369. The zero-order valence-corrected chi connectivity index (χ0v) is 8.91. The van der Waals surface area contributed by atoms with Gasteiger partial charge in [-0.1, -0.05) is 15.9 Å². The molecule has 0 bridgehead atoms. The molecule has 1 aliphatic rings. The van der Waals surface area contributed by atoms with E-state index in [1.807, 2.05) is 12.2 Å². The Bertz CT molecular complexity index is 283. The van der Waals surface area contributed by atoms with E-state index in [9.17, 15) is 0 Å². The number of nitrogens with two attached hydrogens (primary N) is 2. The molecule has 0 fully saturated rings. The van der Waals surface area contributed by atoms with E-state index in [2.05, 4.69) is 15.9 Å². The molecule has 0 aromatic rings. The van der Waals surface area contributed by atoms with Gasteiger partial charge in [0, 0.05) is 17.8 Å².